The molecule has 0 fully saturated rings. The van der Waals surface area contributed by atoms with Crippen LogP contribution in [0, 0.1) is 0 Å². The van der Waals surface area contributed by atoms with E-state index in [2.05, 4.69) is 5.32 Å². The largest absolute Gasteiger partial charge is 0.494 e. The van der Waals surface area contributed by atoms with Gasteiger partial charge in [0.2, 0.25) is 15.9 Å². The molecule has 0 unspecified atom stereocenters. The molecule has 0 saturated carbocycles. The molecule has 29 heavy (non-hydrogen) atoms. The normalized spacial score (nSPS) is 11.8. The fourth-order valence-electron chi connectivity index (χ4n) is 2.54. The van der Waals surface area contributed by atoms with Gasteiger partial charge in [-0.05, 0) is 42.8 Å². The highest BCUT2D eigenvalue weighted by atomic mass is 32.2. The van der Waals surface area contributed by atoms with Gasteiger partial charge in [0.05, 0.1) is 24.1 Å². The number of ether oxygens (including phenoxy) is 1. The van der Waals surface area contributed by atoms with Gasteiger partial charge in [0.1, 0.15) is 12.3 Å². The maximum Gasteiger partial charge on any atom is 0.416 e. The van der Waals surface area contributed by atoms with E-state index in [-0.39, 0.29) is 12.2 Å². The van der Waals surface area contributed by atoms with Gasteiger partial charge in [-0.25, -0.2) is 8.42 Å². The molecule has 2 aromatic rings. The average Bonchev–Trinajstić information content (AvgIpc) is 2.63. The molecular weight excluding hydrogens is 409 g/mol. The molecule has 158 valence electrons. The van der Waals surface area contributed by atoms with E-state index in [4.69, 9.17) is 4.74 Å². The van der Waals surface area contributed by atoms with Crippen LogP contribution in [0.1, 0.15) is 18.1 Å². The third-order valence-electron chi connectivity index (χ3n) is 3.85. The van der Waals surface area contributed by atoms with Crippen molar-refractivity contribution in [3.05, 3.63) is 59.7 Å². The van der Waals surface area contributed by atoms with Crippen LogP contribution in [-0.2, 0) is 27.5 Å². The number of sulfonamides is 1. The number of hydrogen-bond donors (Lipinski definition) is 1. The quantitative estimate of drug-likeness (QED) is 0.698. The monoisotopic (exact) mass is 430 g/mol. The van der Waals surface area contributed by atoms with E-state index >= 15 is 0 Å². The first-order valence-electron chi connectivity index (χ1n) is 8.64. The van der Waals surface area contributed by atoms with Crippen molar-refractivity contribution in [3.63, 3.8) is 0 Å². The predicted octanol–water partition coefficient (Wildman–Crippen LogP) is 3.19. The molecule has 2 rings (SSSR count). The third kappa shape index (κ3) is 6.67. The first-order chi connectivity index (χ1) is 13.5. The molecule has 1 amide bonds. The number of benzene rings is 2. The number of carbonyl (C=O) groups is 1. The summed E-state index contributed by atoms with van der Waals surface area (Å²) in [6, 6.07) is 10.8. The topological polar surface area (TPSA) is 75.7 Å². The zero-order valence-electron chi connectivity index (χ0n) is 15.9. The van der Waals surface area contributed by atoms with Crippen LogP contribution >= 0.6 is 0 Å². The molecule has 0 radical (unpaired) electrons. The number of alkyl halides is 3. The summed E-state index contributed by atoms with van der Waals surface area (Å²) in [5.74, 6) is -0.0318. The van der Waals surface area contributed by atoms with Crippen molar-refractivity contribution in [2.75, 3.05) is 23.7 Å². The standard InChI is InChI=1S/C19H21F3N2O4S/c1-3-28-17-9-4-6-14(10-17)12-23-18(25)13-24(29(2,26)27)16-8-5-7-15(11-16)19(20,21)22/h4-11H,3,12-13H2,1-2H3,(H,23,25). The maximum absolute atomic E-state index is 12.9. The number of nitrogens with one attached hydrogen (secondary N) is 1. The molecule has 0 aliphatic carbocycles. The Morgan fingerprint density at radius 1 is 1.14 bits per heavy atom. The van der Waals surface area contributed by atoms with E-state index in [9.17, 15) is 26.4 Å². The van der Waals surface area contributed by atoms with Crippen LogP contribution in [0.3, 0.4) is 0 Å². The Kier molecular flexibility index (Phi) is 7.12. The van der Waals surface area contributed by atoms with Gasteiger partial charge in [-0.3, -0.25) is 9.10 Å². The fraction of sp³-hybridized carbons (Fsp3) is 0.316. The second-order valence-electron chi connectivity index (χ2n) is 6.17. The van der Waals surface area contributed by atoms with E-state index in [0.29, 0.717) is 22.7 Å². The SMILES string of the molecule is CCOc1cccc(CNC(=O)CN(c2cccc(C(F)(F)F)c2)S(C)(=O)=O)c1. The summed E-state index contributed by atoms with van der Waals surface area (Å²) in [7, 11) is -3.99. The Labute approximate surface area is 167 Å². The third-order valence-corrected chi connectivity index (χ3v) is 4.99. The Balaban J connectivity index is 2.13. The van der Waals surface area contributed by atoms with Crippen molar-refractivity contribution in [2.24, 2.45) is 0 Å². The lowest BCUT2D eigenvalue weighted by Crippen LogP contribution is -2.40. The summed E-state index contributed by atoms with van der Waals surface area (Å²) < 4.78 is 68.9. The smallest absolute Gasteiger partial charge is 0.416 e. The number of rotatable bonds is 8. The minimum absolute atomic E-state index is 0.111. The Morgan fingerprint density at radius 2 is 1.83 bits per heavy atom. The lowest BCUT2D eigenvalue weighted by molar-refractivity contribution is -0.137. The van der Waals surface area contributed by atoms with Gasteiger partial charge >= 0.3 is 6.18 Å². The molecule has 0 aliphatic heterocycles. The van der Waals surface area contributed by atoms with Crippen molar-refractivity contribution in [2.45, 2.75) is 19.6 Å². The predicted molar refractivity (Wildman–Crippen MR) is 103 cm³/mol. The van der Waals surface area contributed by atoms with Gasteiger partial charge in [0.25, 0.3) is 0 Å². The maximum atomic E-state index is 12.9. The zero-order valence-corrected chi connectivity index (χ0v) is 16.7. The molecule has 0 heterocycles. The molecule has 0 aromatic heterocycles. The second-order valence-corrected chi connectivity index (χ2v) is 8.08. The number of carbonyl (C=O) groups excluding carboxylic acids is 1. The van der Waals surface area contributed by atoms with E-state index in [1.165, 1.54) is 6.07 Å². The van der Waals surface area contributed by atoms with E-state index in [1.54, 1.807) is 24.3 Å². The minimum Gasteiger partial charge on any atom is -0.494 e. The number of amides is 1. The highest BCUT2D eigenvalue weighted by Gasteiger charge is 2.32. The average molecular weight is 430 g/mol. The van der Waals surface area contributed by atoms with Crippen LogP contribution in [0.25, 0.3) is 0 Å². The van der Waals surface area contributed by atoms with Crippen molar-refractivity contribution < 1.29 is 31.1 Å². The highest BCUT2D eigenvalue weighted by molar-refractivity contribution is 7.92. The number of anilines is 1. The van der Waals surface area contributed by atoms with Crippen molar-refractivity contribution >= 4 is 21.6 Å². The molecule has 10 heteroatoms. The van der Waals surface area contributed by atoms with Gasteiger partial charge in [-0.2, -0.15) is 13.2 Å². The lowest BCUT2D eigenvalue weighted by Gasteiger charge is -2.23. The molecular formula is C19H21F3N2O4S. The van der Waals surface area contributed by atoms with Crippen molar-refractivity contribution in [1.82, 2.24) is 5.32 Å². The van der Waals surface area contributed by atoms with E-state index < -0.39 is 34.2 Å². The van der Waals surface area contributed by atoms with Crippen molar-refractivity contribution in [3.8, 4) is 5.75 Å². The van der Waals surface area contributed by atoms with Crippen LogP contribution in [0.2, 0.25) is 0 Å². The lowest BCUT2D eigenvalue weighted by atomic mass is 10.2. The highest BCUT2D eigenvalue weighted by Crippen LogP contribution is 2.32. The van der Waals surface area contributed by atoms with Gasteiger partial charge in [0.15, 0.2) is 0 Å². The number of nitrogens with zero attached hydrogens (tertiary/aromatic N) is 1. The van der Waals surface area contributed by atoms with Gasteiger partial charge in [0, 0.05) is 6.54 Å². The molecule has 0 saturated heterocycles. The Morgan fingerprint density at radius 3 is 2.45 bits per heavy atom. The summed E-state index contributed by atoms with van der Waals surface area (Å²) in [4.78, 5) is 12.3. The van der Waals surface area contributed by atoms with Crippen LogP contribution in [-0.4, -0.2) is 33.7 Å². The van der Waals surface area contributed by atoms with Crippen LogP contribution in [0.5, 0.6) is 5.75 Å². The first-order valence-corrected chi connectivity index (χ1v) is 10.5. The van der Waals surface area contributed by atoms with Gasteiger partial charge < -0.3 is 10.1 Å². The van der Waals surface area contributed by atoms with Gasteiger partial charge in [-0.1, -0.05) is 18.2 Å². The number of hydrogen-bond acceptors (Lipinski definition) is 4. The number of halogens is 3. The minimum atomic E-state index is -4.63. The first kappa shape index (κ1) is 22.5. The molecule has 6 nitrogen and oxygen atoms in total. The fourth-order valence-corrected chi connectivity index (χ4v) is 3.38. The second kappa shape index (κ2) is 9.17. The van der Waals surface area contributed by atoms with Crippen LogP contribution < -0.4 is 14.4 Å². The molecule has 1 N–H and O–H groups in total. The van der Waals surface area contributed by atoms with Crippen molar-refractivity contribution in [1.29, 1.82) is 0 Å². The molecule has 0 atom stereocenters. The zero-order chi connectivity index (χ0) is 21.7. The Hall–Kier alpha value is -2.75. The van der Waals surface area contributed by atoms with Crippen LogP contribution in [0.4, 0.5) is 18.9 Å². The Bertz CT molecular complexity index is 962. The molecule has 2 aromatic carbocycles. The molecule has 0 bridgehead atoms. The van der Waals surface area contributed by atoms with E-state index in [0.717, 1.165) is 24.0 Å². The summed E-state index contributed by atoms with van der Waals surface area (Å²) in [5.41, 5.74) is -0.512. The van der Waals surface area contributed by atoms with Gasteiger partial charge in [-0.15, -0.1) is 0 Å². The summed E-state index contributed by atoms with van der Waals surface area (Å²) in [5, 5.41) is 2.56. The summed E-state index contributed by atoms with van der Waals surface area (Å²) >= 11 is 0. The molecule has 0 spiro atoms. The summed E-state index contributed by atoms with van der Waals surface area (Å²) in [6.45, 7) is 1.78. The molecule has 0 aliphatic rings. The van der Waals surface area contributed by atoms with E-state index in [1.807, 2.05) is 6.92 Å². The van der Waals surface area contributed by atoms with Crippen LogP contribution in [0.15, 0.2) is 48.5 Å². The summed E-state index contributed by atoms with van der Waals surface area (Å²) in [6.07, 6.45) is -3.81.